The summed E-state index contributed by atoms with van der Waals surface area (Å²) in [6.45, 7) is 1.94. The van der Waals surface area contributed by atoms with E-state index >= 15 is 0 Å². The highest BCUT2D eigenvalue weighted by atomic mass is 16.1. The van der Waals surface area contributed by atoms with Crippen LogP contribution in [0.1, 0.15) is 26.2 Å². The Hall–Kier alpha value is -1.88. The zero-order valence-electron chi connectivity index (χ0n) is 10.4. The molecule has 0 saturated heterocycles. The molecule has 0 aliphatic heterocycles. The fourth-order valence-electron chi connectivity index (χ4n) is 1.79. The number of H-pyrrole nitrogens is 1. The highest BCUT2D eigenvalue weighted by Gasteiger charge is 2.06. The van der Waals surface area contributed by atoms with Gasteiger partial charge in [-0.1, -0.05) is 12.1 Å². The third kappa shape index (κ3) is 3.30. The Balaban J connectivity index is 1.90. The van der Waals surface area contributed by atoms with Gasteiger partial charge in [-0.05, 0) is 31.9 Å². The Morgan fingerprint density at radius 2 is 2.28 bits per heavy atom. The molecule has 0 saturated carbocycles. The minimum atomic E-state index is -0.0327. The van der Waals surface area contributed by atoms with Crippen molar-refractivity contribution in [2.75, 3.05) is 5.32 Å². The molecule has 1 aromatic carbocycles. The first-order chi connectivity index (χ1) is 8.65. The lowest BCUT2D eigenvalue weighted by Gasteiger charge is -2.04. The van der Waals surface area contributed by atoms with E-state index in [2.05, 4.69) is 15.3 Å². The van der Waals surface area contributed by atoms with Crippen LogP contribution in [0.3, 0.4) is 0 Å². The Bertz CT molecular complexity index is 500. The number of amides is 1. The van der Waals surface area contributed by atoms with Crippen LogP contribution in [0.5, 0.6) is 0 Å². The lowest BCUT2D eigenvalue weighted by atomic mass is 10.1. The largest absolute Gasteiger partial charge is 0.328 e. The molecule has 4 N–H and O–H groups in total. The van der Waals surface area contributed by atoms with Gasteiger partial charge in [0.25, 0.3) is 0 Å². The SMILES string of the molecule is CC(N)CCCC(=O)Nc1nc2ccccc2[nH]1. The molecule has 5 heteroatoms. The van der Waals surface area contributed by atoms with Crippen LogP contribution in [0, 0.1) is 0 Å². The molecule has 0 aliphatic rings. The van der Waals surface area contributed by atoms with E-state index in [-0.39, 0.29) is 11.9 Å². The molecule has 2 aromatic rings. The van der Waals surface area contributed by atoms with Crippen molar-refractivity contribution in [3.8, 4) is 0 Å². The molecule has 0 spiro atoms. The minimum Gasteiger partial charge on any atom is -0.328 e. The fraction of sp³-hybridized carbons (Fsp3) is 0.385. The van der Waals surface area contributed by atoms with Crippen LogP contribution in [-0.2, 0) is 4.79 Å². The van der Waals surface area contributed by atoms with Crippen LogP contribution in [-0.4, -0.2) is 21.9 Å². The molecule has 0 aliphatic carbocycles. The second kappa shape index (κ2) is 5.64. The van der Waals surface area contributed by atoms with Gasteiger partial charge in [0.15, 0.2) is 0 Å². The first-order valence-corrected chi connectivity index (χ1v) is 6.15. The zero-order chi connectivity index (χ0) is 13.0. The second-order valence-corrected chi connectivity index (χ2v) is 4.52. The van der Waals surface area contributed by atoms with E-state index in [1.807, 2.05) is 31.2 Å². The van der Waals surface area contributed by atoms with Gasteiger partial charge in [-0.2, -0.15) is 0 Å². The Labute approximate surface area is 106 Å². The van der Waals surface area contributed by atoms with Gasteiger partial charge in [-0.3, -0.25) is 10.1 Å². The number of carbonyl (C=O) groups is 1. The van der Waals surface area contributed by atoms with E-state index in [9.17, 15) is 4.79 Å². The number of hydrogen-bond acceptors (Lipinski definition) is 3. The molecule has 1 heterocycles. The van der Waals surface area contributed by atoms with Gasteiger partial charge in [0.05, 0.1) is 11.0 Å². The molecule has 2 rings (SSSR count). The van der Waals surface area contributed by atoms with Gasteiger partial charge in [-0.15, -0.1) is 0 Å². The Kier molecular flexibility index (Phi) is 3.94. The van der Waals surface area contributed by atoms with Crippen molar-refractivity contribution in [3.63, 3.8) is 0 Å². The van der Waals surface area contributed by atoms with Crippen LogP contribution in [0.25, 0.3) is 11.0 Å². The van der Waals surface area contributed by atoms with E-state index in [0.717, 1.165) is 23.9 Å². The molecule has 96 valence electrons. The van der Waals surface area contributed by atoms with Crippen molar-refractivity contribution in [3.05, 3.63) is 24.3 Å². The topological polar surface area (TPSA) is 83.8 Å². The van der Waals surface area contributed by atoms with E-state index in [0.29, 0.717) is 12.4 Å². The molecule has 5 nitrogen and oxygen atoms in total. The number of rotatable bonds is 5. The maximum atomic E-state index is 11.7. The molecule has 1 unspecified atom stereocenters. The van der Waals surface area contributed by atoms with Gasteiger partial charge < -0.3 is 10.7 Å². The molecule has 0 fully saturated rings. The summed E-state index contributed by atoms with van der Waals surface area (Å²) in [4.78, 5) is 19.0. The van der Waals surface area contributed by atoms with Crippen molar-refractivity contribution in [1.82, 2.24) is 9.97 Å². The number of para-hydroxylation sites is 2. The van der Waals surface area contributed by atoms with Gasteiger partial charge >= 0.3 is 0 Å². The lowest BCUT2D eigenvalue weighted by Crippen LogP contribution is -2.17. The van der Waals surface area contributed by atoms with Crippen LogP contribution in [0.2, 0.25) is 0 Å². The number of hydrogen-bond donors (Lipinski definition) is 3. The number of fused-ring (bicyclic) bond motifs is 1. The van der Waals surface area contributed by atoms with E-state index < -0.39 is 0 Å². The summed E-state index contributed by atoms with van der Waals surface area (Å²) in [6.07, 6.45) is 2.12. The number of anilines is 1. The number of aromatic nitrogens is 2. The second-order valence-electron chi connectivity index (χ2n) is 4.52. The number of nitrogens with zero attached hydrogens (tertiary/aromatic N) is 1. The van der Waals surface area contributed by atoms with Gasteiger partial charge in [0.1, 0.15) is 0 Å². The quantitative estimate of drug-likeness (QED) is 0.754. The van der Waals surface area contributed by atoms with Crippen molar-refractivity contribution in [1.29, 1.82) is 0 Å². The van der Waals surface area contributed by atoms with Gasteiger partial charge in [0.2, 0.25) is 11.9 Å². The smallest absolute Gasteiger partial charge is 0.226 e. The maximum absolute atomic E-state index is 11.7. The molecule has 0 bridgehead atoms. The molecule has 0 radical (unpaired) electrons. The highest BCUT2D eigenvalue weighted by molar-refractivity contribution is 5.90. The van der Waals surface area contributed by atoms with E-state index in [1.54, 1.807) is 0 Å². The predicted molar refractivity (Wildman–Crippen MR) is 72.2 cm³/mol. The number of nitrogens with two attached hydrogens (primary N) is 1. The van der Waals surface area contributed by atoms with Crippen molar-refractivity contribution >= 4 is 22.9 Å². The van der Waals surface area contributed by atoms with Crippen molar-refractivity contribution in [2.45, 2.75) is 32.2 Å². The first kappa shape index (κ1) is 12.6. The van der Waals surface area contributed by atoms with E-state index in [1.165, 1.54) is 0 Å². The summed E-state index contributed by atoms with van der Waals surface area (Å²) in [7, 11) is 0. The van der Waals surface area contributed by atoms with Crippen LogP contribution < -0.4 is 11.1 Å². The Morgan fingerprint density at radius 1 is 1.50 bits per heavy atom. The van der Waals surface area contributed by atoms with Crippen molar-refractivity contribution < 1.29 is 4.79 Å². The summed E-state index contributed by atoms with van der Waals surface area (Å²) < 4.78 is 0. The first-order valence-electron chi connectivity index (χ1n) is 6.15. The number of imidazole rings is 1. The lowest BCUT2D eigenvalue weighted by molar-refractivity contribution is -0.116. The number of aromatic amines is 1. The third-order valence-electron chi connectivity index (χ3n) is 2.71. The third-order valence-corrected chi connectivity index (χ3v) is 2.71. The maximum Gasteiger partial charge on any atom is 0.226 e. The zero-order valence-corrected chi connectivity index (χ0v) is 10.4. The number of nitrogens with one attached hydrogen (secondary N) is 2. The average molecular weight is 246 g/mol. The minimum absolute atomic E-state index is 0.0327. The Morgan fingerprint density at radius 3 is 3.00 bits per heavy atom. The van der Waals surface area contributed by atoms with Crippen LogP contribution in [0.4, 0.5) is 5.95 Å². The van der Waals surface area contributed by atoms with Crippen LogP contribution >= 0.6 is 0 Å². The summed E-state index contributed by atoms with van der Waals surface area (Å²) in [5, 5.41) is 2.76. The number of benzene rings is 1. The predicted octanol–water partition coefficient (Wildman–Crippen LogP) is 2.02. The molecule has 1 aromatic heterocycles. The van der Waals surface area contributed by atoms with Gasteiger partial charge in [-0.25, -0.2) is 4.98 Å². The monoisotopic (exact) mass is 246 g/mol. The molecular formula is C13H18N4O. The summed E-state index contributed by atoms with van der Waals surface area (Å²) >= 11 is 0. The summed E-state index contributed by atoms with van der Waals surface area (Å²) in [6, 6.07) is 7.81. The summed E-state index contributed by atoms with van der Waals surface area (Å²) in [5.74, 6) is 0.469. The average Bonchev–Trinajstić information content (AvgIpc) is 2.70. The highest BCUT2D eigenvalue weighted by Crippen LogP contribution is 2.13. The number of carbonyl (C=O) groups excluding carboxylic acids is 1. The molecular weight excluding hydrogens is 228 g/mol. The van der Waals surface area contributed by atoms with Crippen LogP contribution in [0.15, 0.2) is 24.3 Å². The molecule has 1 atom stereocenters. The molecule has 18 heavy (non-hydrogen) atoms. The fourth-order valence-corrected chi connectivity index (χ4v) is 1.79. The standard InChI is InChI=1S/C13H18N4O/c1-9(14)5-4-8-12(18)17-13-15-10-6-2-3-7-11(10)16-13/h2-3,6-7,9H,4-5,8,14H2,1H3,(H2,15,16,17,18). The normalized spacial score (nSPS) is 12.6. The summed E-state index contributed by atoms with van der Waals surface area (Å²) in [5.41, 5.74) is 7.40. The molecule has 1 amide bonds. The van der Waals surface area contributed by atoms with Crippen molar-refractivity contribution in [2.24, 2.45) is 5.73 Å². The van der Waals surface area contributed by atoms with Gasteiger partial charge in [0, 0.05) is 12.5 Å². The van der Waals surface area contributed by atoms with E-state index in [4.69, 9.17) is 5.73 Å².